The highest BCUT2D eigenvalue weighted by Gasteiger charge is 2.27. The van der Waals surface area contributed by atoms with Crippen LogP contribution >= 0.6 is 23.7 Å². The molecular weight excluding hydrogens is 336 g/mol. The summed E-state index contributed by atoms with van der Waals surface area (Å²) in [5.41, 5.74) is 3.46. The van der Waals surface area contributed by atoms with Gasteiger partial charge in [0.2, 0.25) is 0 Å². The molecule has 1 aliphatic rings. The summed E-state index contributed by atoms with van der Waals surface area (Å²) >= 11 is 3.48. The molecule has 128 valence electrons. The normalized spacial score (nSPS) is 18.3. The molecule has 2 aromatic carbocycles. The van der Waals surface area contributed by atoms with Gasteiger partial charge in [-0.2, -0.15) is 0 Å². The van der Waals surface area contributed by atoms with Crippen molar-refractivity contribution >= 4 is 35.1 Å². The Bertz CT molecular complexity index is 693. The van der Waals surface area contributed by atoms with Gasteiger partial charge >= 0.3 is 0 Å². The fourth-order valence-electron chi connectivity index (χ4n) is 3.08. The van der Waals surface area contributed by atoms with E-state index >= 15 is 0 Å². The lowest BCUT2D eigenvalue weighted by Gasteiger charge is -2.29. The fourth-order valence-corrected chi connectivity index (χ4v) is 4.83. The van der Waals surface area contributed by atoms with Crippen LogP contribution in [0.15, 0.2) is 52.3 Å². The molecule has 0 fully saturated rings. The van der Waals surface area contributed by atoms with Gasteiger partial charge < -0.3 is 10.0 Å². The minimum atomic E-state index is 0.0796. The van der Waals surface area contributed by atoms with Crippen LogP contribution in [0, 0.1) is 0 Å². The first kappa shape index (κ1) is 17.7. The van der Waals surface area contributed by atoms with Crippen molar-refractivity contribution in [3.8, 4) is 0 Å². The first-order valence-electron chi connectivity index (χ1n) is 8.23. The average molecular weight is 361 g/mol. The summed E-state index contributed by atoms with van der Waals surface area (Å²) in [7, 11) is 2.16. The van der Waals surface area contributed by atoms with Crippen LogP contribution in [0.4, 0.5) is 11.4 Å². The SMILES string of the molecule is CCC1CN(c2ccccc2)c2cc(SC)c(CO)cc2SN1C. The van der Waals surface area contributed by atoms with Crippen molar-refractivity contribution in [3.05, 3.63) is 48.0 Å². The van der Waals surface area contributed by atoms with Gasteiger partial charge in [0.05, 0.1) is 12.3 Å². The minimum Gasteiger partial charge on any atom is -0.392 e. The molecule has 1 heterocycles. The number of hydrogen-bond donors (Lipinski definition) is 1. The highest BCUT2D eigenvalue weighted by molar-refractivity contribution is 7.98. The predicted molar refractivity (Wildman–Crippen MR) is 105 cm³/mol. The Morgan fingerprint density at radius 2 is 2.00 bits per heavy atom. The summed E-state index contributed by atoms with van der Waals surface area (Å²) in [5, 5.41) is 9.72. The Labute approximate surface area is 153 Å². The molecule has 1 atom stereocenters. The van der Waals surface area contributed by atoms with E-state index in [0.717, 1.165) is 23.4 Å². The molecule has 2 aromatic rings. The van der Waals surface area contributed by atoms with E-state index in [2.05, 4.69) is 71.9 Å². The van der Waals surface area contributed by atoms with Gasteiger partial charge in [-0.15, -0.1) is 11.8 Å². The minimum absolute atomic E-state index is 0.0796. The van der Waals surface area contributed by atoms with Gasteiger partial charge in [-0.3, -0.25) is 0 Å². The number of nitrogens with zero attached hydrogens (tertiary/aromatic N) is 2. The number of fused-ring (bicyclic) bond motifs is 1. The second-order valence-electron chi connectivity index (χ2n) is 5.94. The molecule has 24 heavy (non-hydrogen) atoms. The molecule has 0 spiro atoms. The molecule has 0 radical (unpaired) electrons. The Kier molecular flexibility index (Phi) is 5.76. The molecule has 0 aliphatic carbocycles. The lowest BCUT2D eigenvalue weighted by atomic mass is 10.1. The third-order valence-corrected chi connectivity index (χ3v) is 6.44. The van der Waals surface area contributed by atoms with E-state index in [9.17, 15) is 5.11 Å². The number of para-hydroxylation sites is 1. The van der Waals surface area contributed by atoms with Crippen LogP contribution in [0.5, 0.6) is 0 Å². The fraction of sp³-hybridized carbons (Fsp3) is 0.368. The van der Waals surface area contributed by atoms with Crippen molar-refractivity contribution in [2.45, 2.75) is 35.8 Å². The van der Waals surface area contributed by atoms with Gasteiger partial charge in [0, 0.05) is 28.1 Å². The topological polar surface area (TPSA) is 26.7 Å². The zero-order chi connectivity index (χ0) is 17.1. The van der Waals surface area contributed by atoms with Crippen LogP contribution in [-0.4, -0.2) is 35.3 Å². The van der Waals surface area contributed by atoms with E-state index < -0.39 is 0 Å². The number of anilines is 2. The summed E-state index contributed by atoms with van der Waals surface area (Å²) in [6.07, 6.45) is 3.17. The third-order valence-electron chi connectivity index (χ3n) is 4.51. The molecule has 5 heteroatoms. The van der Waals surface area contributed by atoms with Crippen molar-refractivity contribution in [2.24, 2.45) is 0 Å². The van der Waals surface area contributed by atoms with Gasteiger partial charge in [-0.05, 0) is 61.5 Å². The molecular formula is C19H24N2OS2. The van der Waals surface area contributed by atoms with Gasteiger partial charge in [-0.25, -0.2) is 4.31 Å². The number of likely N-dealkylation sites (N-methyl/N-ethyl adjacent to an activating group) is 1. The third kappa shape index (κ3) is 3.45. The summed E-state index contributed by atoms with van der Waals surface area (Å²) < 4.78 is 2.35. The first-order chi connectivity index (χ1) is 11.7. The average Bonchev–Trinajstić information content (AvgIpc) is 2.76. The Morgan fingerprint density at radius 3 is 2.62 bits per heavy atom. The molecule has 0 aromatic heterocycles. The van der Waals surface area contributed by atoms with Gasteiger partial charge in [0.15, 0.2) is 0 Å². The van der Waals surface area contributed by atoms with E-state index in [-0.39, 0.29) is 6.61 Å². The standard InChI is InChI=1S/C19H24N2OS2/c1-4-15-12-21(16-8-6-5-7-9-16)17-11-18(23-3)14(13-22)10-19(17)24-20(15)2/h5-11,15,22H,4,12-13H2,1-3H3. The summed E-state index contributed by atoms with van der Waals surface area (Å²) in [6, 6.07) is 15.4. The van der Waals surface area contributed by atoms with Crippen LogP contribution < -0.4 is 4.90 Å². The predicted octanol–water partition coefficient (Wildman–Crippen LogP) is 4.77. The van der Waals surface area contributed by atoms with Crippen LogP contribution in [0.3, 0.4) is 0 Å². The summed E-state index contributed by atoms with van der Waals surface area (Å²) in [4.78, 5) is 4.77. The Balaban J connectivity index is 2.15. The van der Waals surface area contributed by atoms with E-state index in [1.807, 2.05) is 0 Å². The Morgan fingerprint density at radius 1 is 1.25 bits per heavy atom. The van der Waals surface area contributed by atoms with Crippen molar-refractivity contribution in [1.82, 2.24) is 4.31 Å². The van der Waals surface area contributed by atoms with Gasteiger partial charge in [-0.1, -0.05) is 25.1 Å². The van der Waals surface area contributed by atoms with Crippen LogP contribution in [0.25, 0.3) is 0 Å². The number of hydrogen-bond acceptors (Lipinski definition) is 5. The maximum Gasteiger partial charge on any atom is 0.0693 e. The molecule has 3 nitrogen and oxygen atoms in total. The zero-order valence-electron chi connectivity index (χ0n) is 14.4. The first-order valence-corrected chi connectivity index (χ1v) is 10.2. The highest BCUT2D eigenvalue weighted by atomic mass is 32.2. The van der Waals surface area contributed by atoms with E-state index in [0.29, 0.717) is 6.04 Å². The lowest BCUT2D eigenvalue weighted by molar-refractivity contribution is 0.278. The molecule has 3 rings (SSSR count). The van der Waals surface area contributed by atoms with Crippen LogP contribution in [-0.2, 0) is 6.61 Å². The molecule has 1 N–H and O–H groups in total. The second kappa shape index (κ2) is 7.83. The van der Waals surface area contributed by atoms with Crippen molar-refractivity contribution in [2.75, 3.05) is 24.7 Å². The lowest BCUT2D eigenvalue weighted by Crippen LogP contribution is -2.34. The molecule has 0 bridgehead atoms. The van der Waals surface area contributed by atoms with Crippen molar-refractivity contribution < 1.29 is 5.11 Å². The quantitative estimate of drug-likeness (QED) is 0.626. The van der Waals surface area contributed by atoms with E-state index in [4.69, 9.17) is 0 Å². The summed E-state index contributed by atoms with van der Waals surface area (Å²) in [5.74, 6) is 0. The summed E-state index contributed by atoms with van der Waals surface area (Å²) in [6.45, 7) is 3.28. The number of benzene rings is 2. The monoisotopic (exact) mass is 360 g/mol. The van der Waals surface area contributed by atoms with Gasteiger partial charge in [0.25, 0.3) is 0 Å². The van der Waals surface area contributed by atoms with Crippen molar-refractivity contribution in [1.29, 1.82) is 0 Å². The maximum absolute atomic E-state index is 9.72. The van der Waals surface area contributed by atoms with Gasteiger partial charge in [0.1, 0.15) is 0 Å². The second-order valence-corrected chi connectivity index (χ2v) is 7.98. The number of aliphatic hydroxyl groups excluding tert-OH is 1. The smallest absolute Gasteiger partial charge is 0.0693 e. The molecule has 1 aliphatic heterocycles. The zero-order valence-corrected chi connectivity index (χ0v) is 16.0. The number of thioether (sulfide) groups is 1. The molecule has 0 saturated heterocycles. The molecule has 1 unspecified atom stereocenters. The number of aliphatic hydroxyl groups is 1. The van der Waals surface area contributed by atoms with Crippen LogP contribution in [0.2, 0.25) is 0 Å². The molecule has 0 amide bonds. The molecule has 0 saturated carbocycles. The largest absolute Gasteiger partial charge is 0.392 e. The maximum atomic E-state index is 9.72. The highest BCUT2D eigenvalue weighted by Crippen LogP contribution is 2.43. The number of rotatable bonds is 4. The van der Waals surface area contributed by atoms with Crippen LogP contribution in [0.1, 0.15) is 18.9 Å². The Hall–Kier alpha value is -1.14. The van der Waals surface area contributed by atoms with E-state index in [1.54, 1.807) is 23.7 Å². The van der Waals surface area contributed by atoms with E-state index in [1.165, 1.54) is 16.3 Å². The van der Waals surface area contributed by atoms with Crippen molar-refractivity contribution in [3.63, 3.8) is 0 Å².